The Morgan fingerprint density at radius 3 is 2.59 bits per heavy atom. The van der Waals surface area contributed by atoms with Gasteiger partial charge in [-0.2, -0.15) is 0 Å². The van der Waals surface area contributed by atoms with Crippen molar-refractivity contribution in [2.75, 3.05) is 6.54 Å². The molecular weight excluding hydrogens is 282 g/mol. The number of benzene rings is 1. The van der Waals surface area contributed by atoms with Crippen molar-refractivity contribution in [3.63, 3.8) is 0 Å². The molecule has 0 radical (unpaired) electrons. The van der Waals surface area contributed by atoms with Gasteiger partial charge in [0.25, 0.3) is 0 Å². The molecule has 1 aliphatic rings. The molecule has 1 heterocycles. The molecule has 2 atom stereocenters. The third-order valence-corrected chi connectivity index (χ3v) is 3.81. The van der Waals surface area contributed by atoms with Gasteiger partial charge in [0.1, 0.15) is 5.60 Å². The lowest BCUT2D eigenvalue weighted by atomic mass is 9.95. The molecule has 22 heavy (non-hydrogen) atoms. The average Bonchev–Trinajstić information content (AvgIpc) is 2.79. The van der Waals surface area contributed by atoms with E-state index in [1.165, 1.54) is 0 Å². The van der Waals surface area contributed by atoms with E-state index in [0.29, 0.717) is 6.54 Å². The number of nitrogens with zero attached hydrogens (tertiary/aromatic N) is 1. The number of ether oxygens (including phenoxy) is 1. The number of hydrogen-bond donors (Lipinski definition) is 1. The highest BCUT2D eigenvalue weighted by molar-refractivity contribution is 5.87. The number of carboxylic acids is 1. The lowest BCUT2D eigenvalue weighted by Gasteiger charge is -2.27. The van der Waals surface area contributed by atoms with Crippen molar-refractivity contribution in [2.45, 2.75) is 51.7 Å². The summed E-state index contributed by atoms with van der Waals surface area (Å²) >= 11 is 0. The average molecular weight is 305 g/mol. The molecule has 120 valence electrons. The molecule has 2 rings (SSSR count). The molecule has 0 saturated carbocycles. The molecule has 0 bridgehead atoms. The topological polar surface area (TPSA) is 66.8 Å². The number of likely N-dealkylation sites (tertiary alicyclic amines) is 1. The second kappa shape index (κ2) is 5.99. The number of carboxylic acid groups (broad SMARTS) is 1. The van der Waals surface area contributed by atoms with E-state index in [9.17, 15) is 9.59 Å². The normalized spacial score (nSPS) is 21.7. The zero-order valence-corrected chi connectivity index (χ0v) is 13.5. The number of amides is 1. The van der Waals surface area contributed by atoms with Crippen LogP contribution in [0.2, 0.25) is 0 Å². The molecule has 5 heteroatoms. The largest absolute Gasteiger partial charge is 0.478 e. The van der Waals surface area contributed by atoms with Crippen molar-refractivity contribution in [1.29, 1.82) is 0 Å². The van der Waals surface area contributed by atoms with Gasteiger partial charge in [0.2, 0.25) is 0 Å². The molecule has 1 saturated heterocycles. The minimum Gasteiger partial charge on any atom is -0.478 e. The minimum atomic E-state index is -0.933. The number of rotatable bonds is 2. The molecule has 1 amide bonds. The monoisotopic (exact) mass is 305 g/mol. The van der Waals surface area contributed by atoms with E-state index in [1.807, 2.05) is 33.8 Å². The van der Waals surface area contributed by atoms with Gasteiger partial charge < -0.3 is 14.7 Å². The molecule has 1 N–H and O–H groups in total. The quantitative estimate of drug-likeness (QED) is 0.908. The Labute approximate surface area is 130 Å². The van der Waals surface area contributed by atoms with E-state index in [-0.39, 0.29) is 23.6 Å². The maximum absolute atomic E-state index is 12.2. The second-order valence-corrected chi connectivity index (χ2v) is 6.84. The fourth-order valence-electron chi connectivity index (χ4n) is 2.77. The Morgan fingerprint density at radius 2 is 2.00 bits per heavy atom. The van der Waals surface area contributed by atoms with Crippen LogP contribution in [0.5, 0.6) is 0 Å². The van der Waals surface area contributed by atoms with Gasteiger partial charge in [-0.05, 0) is 51.8 Å². The molecule has 1 fully saturated rings. The number of aromatic carboxylic acids is 1. The number of hydrogen-bond acceptors (Lipinski definition) is 3. The van der Waals surface area contributed by atoms with Gasteiger partial charge in [-0.25, -0.2) is 9.59 Å². The predicted molar refractivity (Wildman–Crippen MR) is 83.2 cm³/mol. The van der Waals surface area contributed by atoms with E-state index < -0.39 is 11.6 Å². The van der Waals surface area contributed by atoms with Crippen LogP contribution in [0, 0.1) is 0 Å². The van der Waals surface area contributed by atoms with Crippen LogP contribution < -0.4 is 0 Å². The van der Waals surface area contributed by atoms with E-state index >= 15 is 0 Å². The Kier molecular flexibility index (Phi) is 4.44. The third-order valence-electron chi connectivity index (χ3n) is 3.81. The summed E-state index contributed by atoms with van der Waals surface area (Å²) in [5, 5.41) is 9.09. The molecule has 0 unspecified atom stereocenters. The van der Waals surface area contributed by atoms with Crippen LogP contribution in [0.25, 0.3) is 0 Å². The van der Waals surface area contributed by atoms with Crippen LogP contribution in [-0.4, -0.2) is 40.3 Å². The van der Waals surface area contributed by atoms with Gasteiger partial charge >= 0.3 is 12.1 Å². The molecule has 0 aliphatic carbocycles. The lowest BCUT2D eigenvalue weighted by Crippen LogP contribution is -2.38. The van der Waals surface area contributed by atoms with Crippen LogP contribution in [0.15, 0.2) is 24.3 Å². The summed E-state index contributed by atoms with van der Waals surface area (Å²) in [5.41, 5.74) is 0.719. The summed E-state index contributed by atoms with van der Waals surface area (Å²) in [6.45, 7) is 8.09. The van der Waals surface area contributed by atoms with Gasteiger partial charge in [0, 0.05) is 18.5 Å². The standard InChI is InChI=1S/C17H23NO4/c1-11-8-14(10-18(11)16(21)22-17(2,3)4)12-6-5-7-13(9-12)15(19)20/h5-7,9,11,14H,8,10H2,1-4H3,(H,19,20)/t11-,14+/m1/s1. The second-order valence-electron chi connectivity index (χ2n) is 6.84. The molecule has 1 aromatic rings. The molecule has 0 aromatic heterocycles. The first-order chi connectivity index (χ1) is 10.2. The fourth-order valence-corrected chi connectivity index (χ4v) is 2.77. The Morgan fingerprint density at radius 1 is 1.32 bits per heavy atom. The van der Waals surface area contributed by atoms with Crippen LogP contribution in [0.3, 0.4) is 0 Å². The first kappa shape index (κ1) is 16.3. The SMILES string of the molecule is C[C@@H]1C[C@H](c2cccc(C(=O)O)c2)CN1C(=O)OC(C)(C)C. The van der Waals surface area contributed by atoms with Crippen LogP contribution >= 0.6 is 0 Å². The fraction of sp³-hybridized carbons (Fsp3) is 0.529. The molecule has 0 spiro atoms. The smallest absolute Gasteiger partial charge is 0.410 e. The minimum absolute atomic E-state index is 0.0772. The summed E-state index contributed by atoms with van der Waals surface area (Å²) in [6, 6.07) is 7.02. The highest BCUT2D eigenvalue weighted by Crippen LogP contribution is 2.33. The third kappa shape index (κ3) is 3.78. The number of carbonyl (C=O) groups is 2. The maximum Gasteiger partial charge on any atom is 0.410 e. The lowest BCUT2D eigenvalue weighted by molar-refractivity contribution is 0.0237. The summed E-state index contributed by atoms with van der Waals surface area (Å²) in [4.78, 5) is 25.0. The van der Waals surface area contributed by atoms with E-state index in [2.05, 4.69) is 0 Å². The van der Waals surface area contributed by atoms with Crippen molar-refractivity contribution in [2.24, 2.45) is 0 Å². The molecule has 1 aromatic carbocycles. The van der Waals surface area contributed by atoms with Crippen molar-refractivity contribution in [1.82, 2.24) is 4.90 Å². The van der Waals surface area contributed by atoms with Gasteiger partial charge in [-0.15, -0.1) is 0 Å². The van der Waals surface area contributed by atoms with Gasteiger partial charge in [0.05, 0.1) is 5.56 Å². The van der Waals surface area contributed by atoms with Gasteiger partial charge in [-0.3, -0.25) is 0 Å². The Bertz CT molecular complexity index is 576. The summed E-state index contributed by atoms with van der Waals surface area (Å²) < 4.78 is 5.43. The van der Waals surface area contributed by atoms with Gasteiger partial charge in [0.15, 0.2) is 0 Å². The highest BCUT2D eigenvalue weighted by Gasteiger charge is 2.35. The zero-order chi connectivity index (χ0) is 16.5. The Hall–Kier alpha value is -2.04. The van der Waals surface area contributed by atoms with Crippen molar-refractivity contribution >= 4 is 12.1 Å². The zero-order valence-electron chi connectivity index (χ0n) is 13.5. The van der Waals surface area contributed by atoms with E-state index in [0.717, 1.165) is 12.0 Å². The summed E-state index contributed by atoms with van der Waals surface area (Å²) in [6.07, 6.45) is 0.499. The van der Waals surface area contributed by atoms with E-state index in [1.54, 1.807) is 23.1 Å². The first-order valence-corrected chi connectivity index (χ1v) is 7.50. The molecular formula is C17H23NO4. The van der Waals surface area contributed by atoms with E-state index in [4.69, 9.17) is 9.84 Å². The predicted octanol–water partition coefficient (Wildman–Crippen LogP) is 3.50. The molecule has 1 aliphatic heterocycles. The molecule has 5 nitrogen and oxygen atoms in total. The number of carbonyl (C=O) groups excluding carboxylic acids is 1. The van der Waals surface area contributed by atoms with Crippen molar-refractivity contribution in [3.05, 3.63) is 35.4 Å². The Balaban J connectivity index is 2.12. The highest BCUT2D eigenvalue weighted by atomic mass is 16.6. The summed E-state index contributed by atoms with van der Waals surface area (Å²) in [5.74, 6) is -0.793. The van der Waals surface area contributed by atoms with Crippen LogP contribution in [0.1, 0.15) is 56.0 Å². The first-order valence-electron chi connectivity index (χ1n) is 7.50. The van der Waals surface area contributed by atoms with Crippen LogP contribution in [0.4, 0.5) is 4.79 Å². The van der Waals surface area contributed by atoms with Crippen LogP contribution in [-0.2, 0) is 4.74 Å². The van der Waals surface area contributed by atoms with Crippen molar-refractivity contribution in [3.8, 4) is 0 Å². The maximum atomic E-state index is 12.2. The van der Waals surface area contributed by atoms with Crippen molar-refractivity contribution < 1.29 is 19.4 Å². The van der Waals surface area contributed by atoms with Gasteiger partial charge in [-0.1, -0.05) is 12.1 Å². The summed E-state index contributed by atoms with van der Waals surface area (Å²) in [7, 11) is 0.